The Morgan fingerprint density at radius 3 is 2.75 bits per heavy atom. The van der Waals surface area contributed by atoms with E-state index in [1.54, 1.807) is 24.5 Å². The summed E-state index contributed by atoms with van der Waals surface area (Å²) >= 11 is 6.48. The van der Waals surface area contributed by atoms with Crippen LogP contribution in [-0.4, -0.2) is 19.5 Å². The third-order valence-electron chi connectivity index (χ3n) is 4.88. The first kappa shape index (κ1) is 16.9. The molecule has 138 valence electrons. The molecule has 1 aromatic carbocycles. The summed E-state index contributed by atoms with van der Waals surface area (Å²) in [5.41, 5.74) is 8.84. The van der Waals surface area contributed by atoms with E-state index in [0.29, 0.717) is 28.3 Å². The Labute approximate surface area is 165 Å². The molecule has 6 nitrogen and oxygen atoms in total. The van der Waals surface area contributed by atoms with Crippen LogP contribution in [0.5, 0.6) is 0 Å². The summed E-state index contributed by atoms with van der Waals surface area (Å²) in [7, 11) is 0. The molecule has 0 aliphatic heterocycles. The second-order valence-electron chi connectivity index (χ2n) is 6.88. The predicted octanol–water partition coefficient (Wildman–Crippen LogP) is 3.96. The second kappa shape index (κ2) is 6.42. The fourth-order valence-electron chi connectivity index (χ4n) is 3.36. The summed E-state index contributed by atoms with van der Waals surface area (Å²) < 4.78 is 1.46. The molecule has 2 N–H and O–H groups in total. The van der Waals surface area contributed by atoms with Gasteiger partial charge in [0.15, 0.2) is 5.82 Å². The minimum atomic E-state index is -0.204. The molecule has 1 fully saturated rings. The summed E-state index contributed by atoms with van der Waals surface area (Å²) in [5.74, 6) is 1.09. The topological polar surface area (TPSA) is 86.7 Å². The van der Waals surface area contributed by atoms with Crippen LogP contribution in [0.1, 0.15) is 24.5 Å². The van der Waals surface area contributed by atoms with Crippen molar-refractivity contribution in [3.05, 3.63) is 75.9 Å². The third-order valence-corrected chi connectivity index (χ3v) is 5.17. The van der Waals surface area contributed by atoms with Gasteiger partial charge >= 0.3 is 0 Å². The van der Waals surface area contributed by atoms with Crippen molar-refractivity contribution in [2.75, 3.05) is 5.73 Å². The molecule has 0 bridgehead atoms. The smallest absolute Gasteiger partial charge is 0.256 e. The number of nitrogens with zero attached hydrogens (tertiary/aromatic N) is 4. The molecule has 0 atom stereocenters. The number of hydrogen-bond acceptors (Lipinski definition) is 5. The van der Waals surface area contributed by atoms with Crippen LogP contribution in [0.25, 0.3) is 28.0 Å². The van der Waals surface area contributed by atoms with Crippen molar-refractivity contribution in [2.24, 2.45) is 0 Å². The number of nitrogens with two attached hydrogens (primary N) is 1. The molecule has 0 saturated heterocycles. The van der Waals surface area contributed by atoms with E-state index >= 15 is 0 Å². The van der Waals surface area contributed by atoms with Crippen molar-refractivity contribution in [2.45, 2.75) is 18.8 Å². The maximum Gasteiger partial charge on any atom is 0.256 e. The van der Waals surface area contributed by atoms with Gasteiger partial charge in [-0.05, 0) is 37.1 Å². The molecular weight excluding hydrogens is 374 g/mol. The fourth-order valence-corrected chi connectivity index (χ4v) is 3.63. The summed E-state index contributed by atoms with van der Waals surface area (Å²) in [6.45, 7) is 0. The minimum Gasteiger partial charge on any atom is -0.382 e. The molecule has 0 amide bonds. The molecule has 5 rings (SSSR count). The van der Waals surface area contributed by atoms with Crippen LogP contribution < -0.4 is 11.3 Å². The summed E-state index contributed by atoms with van der Waals surface area (Å²) in [4.78, 5) is 26.2. The average Bonchev–Trinajstić information content (AvgIpc) is 3.53. The minimum absolute atomic E-state index is 0.204. The van der Waals surface area contributed by atoms with Crippen LogP contribution in [0.4, 0.5) is 5.82 Å². The SMILES string of the molecule is Nc1nc(-n2ccccc2=O)c(-c2cc(Cl)c3ncccc3c2)nc1C1CC1. The zero-order chi connectivity index (χ0) is 19.3. The number of fused-ring (bicyclic) bond motifs is 1. The molecule has 1 saturated carbocycles. The van der Waals surface area contributed by atoms with Gasteiger partial charge in [0.05, 0.1) is 16.2 Å². The molecule has 4 aromatic rings. The van der Waals surface area contributed by atoms with Crippen LogP contribution in [0.3, 0.4) is 0 Å². The molecule has 3 heterocycles. The van der Waals surface area contributed by atoms with Gasteiger partial charge in [0.1, 0.15) is 11.5 Å². The van der Waals surface area contributed by atoms with Crippen molar-refractivity contribution >= 4 is 28.3 Å². The molecule has 7 heteroatoms. The lowest BCUT2D eigenvalue weighted by atomic mass is 10.1. The van der Waals surface area contributed by atoms with E-state index in [1.807, 2.05) is 24.3 Å². The Balaban J connectivity index is 1.81. The molecule has 1 aliphatic carbocycles. The lowest BCUT2D eigenvalue weighted by Crippen LogP contribution is -2.19. The van der Waals surface area contributed by atoms with Crippen molar-refractivity contribution in [1.82, 2.24) is 19.5 Å². The molecule has 0 spiro atoms. The molecule has 1 aliphatic rings. The van der Waals surface area contributed by atoms with Crippen LogP contribution in [0.2, 0.25) is 5.02 Å². The zero-order valence-electron chi connectivity index (χ0n) is 14.8. The Morgan fingerprint density at radius 2 is 1.96 bits per heavy atom. The van der Waals surface area contributed by atoms with Crippen molar-refractivity contribution in [3.8, 4) is 17.1 Å². The molecule has 3 aromatic heterocycles. The van der Waals surface area contributed by atoms with Gasteiger partial charge in [-0.15, -0.1) is 0 Å². The third kappa shape index (κ3) is 2.82. The number of pyridine rings is 2. The van der Waals surface area contributed by atoms with E-state index in [1.165, 1.54) is 10.6 Å². The van der Waals surface area contributed by atoms with E-state index < -0.39 is 0 Å². The van der Waals surface area contributed by atoms with Gasteiger partial charge in [-0.25, -0.2) is 9.97 Å². The van der Waals surface area contributed by atoms with Gasteiger partial charge in [0, 0.05) is 35.3 Å². The van der Waals surface area contributed by atoms with Gasteiger partial charge in [-0.2, -0.15) is 0 Å². The van der Waals surface area contributed by atoms with Crippen molar-refractivity contribution < 1.29 is 0 Å². The Kier molecular flexibility index (Phi) is 3.87. The Hall–Kier alpha value is -3.25. The lowest BCUT2D eigenvalue weighted by molar-refractivity contribution is 0.907. The van der Waals surface area contributed by atoms with Crippen LogP contribution in [-0.2, 0) is 0 Å². The zero-order valence-corrected chi connectivity index (χ0v) is 15.6. The monoisotopic (exact) mass is 389 g/mol. The highest BCUT2D eigenvalue weighted by Crippen LogP contribution is 2.42. The highest BCUT2D eigenvalue weighted by atomic mass is 35.5. The number of benzene rings is 1. The normalized spacial score (nSPS) is 13.8. The van der Waals surface area contributed by atoms with E-state index in [2.05, 4.69) is 9.97 Å². The van der Waals surface area contributed by atoms with E-state index in [0.717, 1.165) is 35.0 Å². The van der Waals surface area contributed by atoms with E-state index in [-0.39, 0.29) is 5.56 Å². The predicted molar refractivity (Wildman–Crippen MR) is 110 cm³/mol. The van der Waals surface area contributed by atoms with E-state index in [9.17, 15) is 4.79 Å². The highest BCUT2D eigenvalue weighted by molar-refractivity contribution is 6.35. The van der Waals surface area contributed by atoms with Gasteiger partial charge in [-0.3, -0.25) is 14.3 Å². The van der Waals surface area contributed by atoms with E-state index in [4.69, 9.17) is 22.3 Å². The number of aromatic nitrogens is 4. The Bertz CT molecular complexity index is 1280. The van der Waals surface area contributed by atoms with Crippen LogP contribution in [0.15, 0.2) is 59.7 Å². The number of anilines is 1. The first-order valence-electron chi connectivity index (χ1n) is 9.02. The fraction of sp³-hybridized carbons (Fsp3) is 0.143. The lowest BCUT2D eigenvalue weighted by Gasteiger charge is -2.14. The summed E-state index contributed by atoms with van der Waals surface area (Å²) in [5, 5.41) is 1.41. The maximum atomic E-state index is 12.4. The van der Waals surface area contributed by atoms with Crippen molar-refractivity contribution in [3.63, 3.8) is 0 Å². The molecule has 0 unspecified atom stereocenters. The second-order valence-corrected chi connectivity index (χ2v) is 7.29. The van der Waals surface area contributed by atoms with Crippen molar-refractivity contribution in [1.29, 1.82) is 0 Å². The van der Waals surface area contributed by atoms with Crippen LogP contribution in [0, 0.1) is 0 Å². The van der Waals surface area contributed by atoms with Gasteiger partial charge < -0.3 is 5.73 Å². The average molecular weight is 390 g/mol. The molecular formula is C21H16ClN5O. The maximum absolute atomic E-state index is 12.4. The largest absolute Gasteiger partial charge is 0.382 e. The summed E-state index contributed by atoms with van der Waals surface area (Å²) in [6, 6.07) is 12.5. The molecule has 0 radical (unpaired) electrons. The quantitative estimate of drug-likeness (QED) is 0.573. The summed E-state index contributed by atoms with van der Waals surface area (Å²) in [6.07, 6.45) is 5.46. The van der Waals surface area contributed by atoms with Gasteiger partial charge in [0.2, 0.25) is 0 Å². The number of rotatable bonds is 3. The van der Waals surface area contributed by atoms with Crippen LogP contribution >= 0.6 is 11.6 Å². The Morgan fingerprint density at radius 1 is 1.11 bits per heavy atom. The van der Waals surface area contributed by atoms with Gasteiger partial charge in [0.25, 0.3) is 5.56 Å². The number of halogens is 1. The first-order valence-corrected chi connectivity index (χ1v) is 9.40. The number of hydrogen-bond donors (Lipinski definition) is 1. The highest BCUT2D eigenvalue weighted by Gasteiger charge is 2.30. The molecule has 28 heavy (non-hydrogen) atoms. The van der Waals surface area contributed by atoms with Gasteiger partial charge in [-0.1, -0.05) is 23.7 Å². The standard InChI is InChI=1S/C21H16ClN5O/c22-15-11-14(10-13-4-3-8-24-17(13)15)19-21(27-9-2-1-5-16(27)28)26-20(23)18(25-19)12-6-7-12/h1-5,8-12H,6-7H2,(H2,23,26). The number of nitrogen functional groups attached to an aromatic ring is 1. The first-order chi connectivity index (χ1) is 13.6.